The molecular formula is C11H25N3O. The predicted molar refractivity (Wildman–Crippen MR) is 65.4 cm³/mol. The Bertz CT molecular complexity index is 146. The van der Waals surface area contributed by atoms with E-state index in [1.54, 1.807) is 14.2 Å². The third kappa shape index (κ3) is 9.53. The second-order valence-corrected chi connectivity index (χ2v) is 3.48. The number of unbranched alkanes of at least 4 members (excludes halogenated alkanes) is 2. The van der Waals surface area contributed by atoms with E-state index in [0.717, 1.165) is 32.1 Å². The van der Waals surface area contributed by atoms with Crippen molar-refractivity contribution < 1.29 is 4.74 Å². The van der Waals surface area contributed by atoms with Crippen molar-refractivity contribution in [3.8, 4) is 0 Å². The molecule has 0 unspecified atom stereocenters. The number of ether oxygens (including phenoxy) is 1. The van der Waals surface area contributed by atoms with Gasteiger partial charge in [-0.1, -0.05) is 19.8 Å². The molecule has 0 spiro atoms. The van der Waals surface area contributed by atoms with Gasteiger partial charge >= 0.3 is 0 Å². The summed E-state index contributed by atoms with van der Waals surface area (Å²) in [6.45, 7) is 4.90. The zero-order valence-electron chi connectivity index (χ0n) is 10.3. The zero-order valence-corrected chi connectivity index (χ0v) is 10.3. The van der Waals surface area contributed by atoms with E-state index in [1.165, 1.54) is 19.3 Å². The molecule has 0 bridgehead atoms. The first-order chi connectivity index (χ1) is 7.35. The zero-order chi connectivity index (χ0) is 11.4. The van der Waals surface area contributed by atoms with Crippen molar-refractivity contribution >= 4 is 5.96 Å². The maximum Gasteiger partial charge on any atom is 0.190 e. The van der Waals surface area contributed by atoms with E-state index in [9.17, 15) is 0 Å². The molecule has 0 aliphatic heterocycles. The molecule has 2 N–H and O–H groups in total. The fourth-order valence-corrected chi connectivity index (χ4v) is 1.23. The summed E-state index contributed by atoms with van der Waals surface area (Å²) in [6, 6.07) is 0. The molecule has 4 nitrogen and oxygen atoms in total. The van der Waals surface area contributed by atoms with Gasteiger partial charge in [-0.25, -0.2) is 0 Å². The normalized spacial score (nSPS) is 11.5. The molecule has 15 heavy (non-hydrogen) atoms. The number of aliphatic imine (C=N–C) groups is 1. The molecule has 0 aromatic heterocycles. The summed E-state index contributed by atoms with van der Waals surface area (Å²) < 4.78 is 4.97. The lowest BCUT2D eigenvalue weighted by atomic mass is 10.2. The highest BCUT2D eigenvalue weighted by Gasteiger charge is 1.95. The molecule has 90 valence electrons. The van der Waals surface area contributed by atoms with Crippen LogP contribution >= 0.6 is 0 Å². The lowest BCUT2D eigenvalue weighted by molar-refractivity contribution is 0.195. The molecule has 0 saturated carbocycles. The third-order valence-electron chi connectivity index (χ3n) is 2.11. The maximum atomic E-state index is 4.97. The van der Waals surface area contributed by atoms with Crippen LogP contribution in [0.5, 0.6) is 0 Å². The van der Waals surface area contributed by atoms with Crippen molar-refractivity contribution in [3.63, 3.8) is 0 Å². The minimum Gasteiger partial charge on any atom is -0.385 e. The van der Waals surface area contributed by atoms with Crippen LogP contribution in [-0.4, -0.2) is 39.8 Å². The van der Waals surface area contributed by atoms with Crippen molar-refractivity contribution in [2.75, 3.05) is 33.9 Å². The van der Waals surface area contributed by atoms with Gasteiger partial charge in [-0.15, -0.1) is 0 Å². The SMILES string of the molecule is CCCCCNC(=NC)NCCCOC. The predicted octanol–water partition coefficient (Wildman–Crippen LogP) is 1.38. The van der Waals surface area contributed by atoms with E-state index in [4.69, 9.17) is 4.74 Å². The number of nitrogens with one attached hydrogen (secondary N) is 2. The smallest absolute Gasteiger partial charge is 0.190 e. The summed E-state index contributed by atoms with van der Waals surface area (Å²) >= 11 is 0. The summed E-state index contributed by atoms with van der Waals surface area (Å²) in [4.78, 5) is 4.14. The number of hydrogen-bond donors (Lipinski definition) is 2. The lowest BCUT2D eigenvalue weighted by Gasteiger charge is -2.11. The standard InChI is InChI=1S/C11H25N3O/c1-4-5-6-8-13-11(12-2)14-9-7-10-15-3/h4-10H2,1-3H3,(H2,12,13,14). The Hall–Kier alpha value is -0.770. The first-order valence-corrected chi connectivity index (χ1v) is 5.78. The van der Waals surface area contributed by atoms with Crippen molar-refractivity contribution in [2.45, 2.75) is 32.6 Å². The summed E-state index contributed by atoms with van der Waals surface area (Å²) in [5.41, 5.74) is 0. The van der Waals surface area contributed by atoms with Gasteiger partial charge in [0.2, 0.25) is 0 Å². The van der Waals surface area contributed by atoms with E-state index in [1.807, 2.05) is 0 Å². The quantitative estimate of drug-likeness (QED) is 0.365. The van der Waals surface area contributed by atoms with Crippen LogP contribution in [0.1, 0.15) is 32.6 Å². The van der Waals surface area contributed by atoms with Crippen molar-refractivity contribution in [3.05, 3.63) is 0 Å². The van der Waals surface area contributed by atoms with Gasteiger partial charge in [0, 0.05) is 33.9 Å². The van der Waals surface area contributed by atoms with Gasteiger partial charge in [0.1, 0.15) is 0 Å². The number of rotatable bonds is 8. The average Bonchev–Trinajstić information content (AvgIpc) is 2.27. The van der Waals surface area contributed by atoms with Crippen LogP contribution in [0, 0.1) is 0 Å². The third-order valence-corrected chi connectivity index (χ3v) is 2.11. The molecule has 0 fully saturated rings. The molecule has 0 atom stereocenters. The van der Waals surface area contributed by atoms with E-state index in [0.29, 0.717) is 0 Å². The second kappa shape index (κ2) is 11.3. The molecular weight excluding hydrogens is 190 g/mol. The molecule has 0 saturated heterocycles. The molecule has 0 aliphatic rings. The second-order valence-electron chi connectivity index (χ2n) is 3.48. The lowest BCUT2D eigenvalue weighted by Crippen LogP contribution is -2.38. The number of nitrogens with zero attached hydrogens (tertiary/aromatic N) is 1. The van der Waals surface area contributed by atoms with Gasteiger partial charge in [0.25, 0.3) is 0 Å². The largest absolute Gasteiger partial charge is 0.385 e. The molecule has 0 aromatic rings. The molecule has 0 aliphatic carbocycles. The fourth-order valence-electron chi connectivity index (χ4n) is 1.23. The Kier molecular flexibility index (Phi) is 10.7. The van der Waals surface area contributed by atoms with E-state index in [2.05, 4.69) is 22.5 Å². The van der Waals surface area contributed by atoms with Gasteiger partial charge < -0.3 is 15.4 Å². The number of guanidine groups is 1. The highest BCUT2D eigenvalue weighted by molar-refractivity contribution is 5.79. The Morgan fingerprint density at radius 3 is 2.33 bits per heavy atom. The van der Waals surface area contributed by atoms with Crippen LogP contribution in [0.2, 0.25) is 0 Å². The highest BCUT2D eigenvalue weighted by atomic mass is 16.5. The van der Waals surface area contributed by atoms with Gasteiger partial charge in [-0.2, -0.15) is 0 Å². The average molecular weight is 215 g/mol. The summed E-state index contributed by atoms with van der Waals surface area (Å²) in [6.07, 6.45) is 4.73. The van der Waals surface area contributed by atoms with Crippen LogP contribution in [0.15, 0.2) is 4.99 Å². The molecule has 0 heterocycles. The van der Waals surface area contributed by atoms with Crippen LogP contribution in [0.4, 0.5) is 0 Å². The van der Waals surface area contributed by atoms with Gasteiger partial charge in [0.15, 0.2) is 5.96 Å². The first kappa shape index (κ1) is 14.2. The summed E-state index contributed by atoms with van der Waals surface area (Å²) in [5, 5.41) is 6.52. The topological polar surface area (TPSA) is 45.7 Å². The van der Waals surface area contributed by atoms with Crippen LogP contribution in [0.3, 0.4) is 0 Å². The summed E-state index contributed by atoms with van der Waals surface area (Å²) in [5.74, 6) is 0.891. The molecule has 0 rings (SSSR count). The minimum atomic E-state index is 0.791. The maximum absolute atomic E-state index is 4.97. The van der Waals surface area contributed by atoms with Crippen molar-refractivity contribution in [1.82, 2.24) is 10.6 Å². The van der Waals surface area contributed by atoms with E-state index >= 15 is 0 Å². The Morgan fingerprint density at radius 2 is 1.80 bits per heavy atom. The van der Waals surface area contributed by atoms with Crippen molar-refractivity contribution in [2.24, 2.45) is 4.99 Å². The van der Waals surface area contributed by atoms with Gasteiger partial charge in [-0.05, 0) is 12.8 Å². The van der Waals surface area contributed by atoms with Gasteiger partial charge in [0.05, 0.1) is 0 Å². The first-order valence-electron chi connectivity index (χ1n) is 5.78. The van der Waals surface area contributed by atoms with Crippen LogP contribution in [0.25, 0.3) is 0 Å². The highest BCUT2D eigenvalue weighted by Crippen LogP contribution is 1.90. The summed E-state index contributed by atoms with van der Waals surface area (Å²) in [7, 11) is 3.52. The van der Waals surface area contributed by atoms with Crippen molar-refractivity contribution in [1.29, 1.82) is 0 Å². The number of methoxy groups -OCH3 is 1. The molecule has 0 radical (unpaired) electrons. The van der Waals surface area contributed by atoms with E-state index in [-0.39, 0.29) is 0 Å². The van der Waals surface area contributed by atoms with Crippen LogP contribution < -0.4 is 10.6 Å². The Labute approximate surface area is 93.5 Å². The molecule has 0 aromatic carbocycles. The fraction of sp³-hybridized carbons (Fsp3) is 0.909. The molecule has 4 heteroatoms. The van der Waals surface area contributed by atoms with Crippen LogP contribution in [-0.2, 0) is 4.74 Å². The Balaban J connectivity index is 3.39. The number of hydrogen-bond acceptors (Lipinski definition) is 2. The monoisotopic (exact) mass is 215 g/mol. The molecule has 0 amide bonds. The van der Waals surface area contributed by atoms with E-state index < -0.39 is 0 Å². The van der Waals surface area contributed by atoms with Gasteiger partial charge in [-0.3, -0.25) is 4.99 Å². The minimum absolute atomic E-state index is 0.791. The Morgan fingerprint density at radius 1 is 1.13 bits per heavy atom.